The zero-order chi connectivity index (χ0) is 13.1. The fourth-order valence-electron chi connectivity index (χ4n) is 2.41. The Morgan fingerprint density at radius 3 is 3.06 bits per heavy atom. The lowest BCUT2D eigenvalue weighted by molar-refractivity contribution is -0.145. The molecule has 0 spiro atoms. The number of aromatic nitrogens is 1. The second kappa shape index (κ2) is 5.80. The normalized spacial score (nSPS) is 25.0. The molecule has 1 aliphatic rings. The predicted molar refractivity (Wildman–Crippen MR) is 72.2 cm³/mol. The molecule has 1 aromatic heterocycles. The SMILES string of the molecule is CC1CCN(Cc2cncc(Br)c2)C(C(=O)O)C1. The van der Waals surface area contributed by atoms with Crippen molar-refractivity contribution in [3.05, 3.63) is 28.5 Å². The number of pyridine rings is 1. The lowest BCUT2D eigenvalue weighted by Crippen LogP contribution is -2.46. The molecule has 0 radical (unpaired) electrons. The number of hydrogen-bond acceptors (Lipinski definition) is 3. The van der Waals surface area contributed by atoms with Crippen LogP contribution in [0.4, 0.5) is 0 Å². The van der Waals surface area contributed by atoms with E-state index in [1.54, 1.807) is 12.4 Å². The Labute approximate surface area is 115 Å². The molecule has 2 heterocycles. The average molecular weight is 313 g/mol. The molecule has 0 bridgehead atoms. The van der Waals surface area contributed by atoms with Gasteiger partial charge in [0.05, 0.1) is 0 Å². The van der Waals surface area contributed by atoms with Gasteiger partial charge < -0.3 is 5.11 Å². The van der Waals surface area contributed by atoms with Crippen molar-refractivity contribution in [3.63, 3.8) is 0 Å². The van der Waals surface area contributed by atoms with Crippen LogP contribution < -0.4 is 0 Å². The highest BCUT2D eigenvalue weighted by Gasteiger charge is 2.31. The van der Waals surface area contributed by atoms with E-state index in [2.05, 4.69) is 27.8 Å². The van der Waals surface area contributed by atoms with Gasteiger partial charge in [0.1, 0.15) is 6.04 Å². The van der Waals surface area contributed by atoms with E-state index in [-0.39, 0.29) is 6.04 Å². The van der Waals surface area contributed by atoms with Crippen molar-refractivity contribution in [1.29, 1.82) is 0 Å². The fraction of sp³-hybridized carbons (Fsp3) is 0.538. The van der Waals surface area contributed by atoms with Crippen LogP contribution in [0, 0.1) is 5.92 Å². The fourth-order valence-corrected chi connectivity index (χ4v) is 2.83. The van der Waals surface area contributed by atoms with Crippen molar-refractivity contribution in [2.45, 2.75) is 32.4 Å². The highest BCUT2D eigenvalue weighted by Crippen LogP contribution is 2.24. The van der Waals surface area contributed by atoms with E-state index in [1.807, 2.05) is 11.0 Å². The molecule has 18 heavy (non-hydrogen) atoms. The molecule has 2 unspecified atom stereocenters. The monoisotopic (exact) mass is 312 g/mol. The van der Waals surface area contributed by atoms with Gasteiger partial charge in [-0.15, -0.1) is 0 Å². The van der Waals surface area contributed by atoms with E-state index in [0.29, 0.717) is 12.5 Å². The zero-order valence-electron chi connectivity index (χ0n) is 10.3. The van der Waals surface area contributed by atoms with Gasteiger partial charge in [-0.25, -0.2) is 0 Å². The zero-order valence-corrected chi connectivity index (χ0v) is 11.9. The third-order valence-corrected chi connectivity index (χ3v) is 3.84. The summed E-state index contributed by atoms with van der Waals surface area (Å²) in [6, 6.07) is 1.62. The minimum atomic E-state index is -0.718. The molecule has 1 fully saturated rings. The van der Waals surface area contributed by atoms with Gasteiger partial charge in [0.15, 0.2) is 0 Å². The number of rotatable bonds is 3. The minimum Gasteiger partial charge on any atom is -0.480 e. The van der Waals surface area contributed by atoms with Crippen LogP contribution in [0.5, 0.6) is 0 Å². The van der Waals surface area contributed by atoms with Crippen LogP contribution in [0.3, 0.4) is 0 Å². The summed E-state index contributed by atoms with van der Waals surface area (Å²) in [6.45, 7) is 3.61. The van der Waals surface area contributed by atoms with Gasteiger partial charge in [-0.3, -0.25) is 14.7 Å². The molecule has 98 valence electrons. The summed E-state index contributed by atoms with van der Waals surface area (Å²) in [7, 11) is 0. The van der Waals surface area contributed by atoms with E-state index in [0.717, 1.165) is 29.4 Å². The molecule has 1 N–H and O–H groups in total. The predicted octanol–water partition coefficient (Wildman–Crippen LogP) is 2.53. The number of halogens is 1. The van der Waals surface area contributed by atoms with Gasteiger partial charge in [0.25, 0.3) is 0 Å². The second-order valence-corrected chi connectivity index (χ2v) is 5.88. The van der Waals surface area contributed by atoms with E-state index in [4.69, 9.17) is 0 Å². The smallest absolute Gasteiger partial charge is 0.320 e. The molecule has 1 aromatic rings. The van der Waals surface area contributed by atoms with Crippen molar-refractivity contribution >= 4 is 21.9 Å². The summed E-state index contributed by atoms with van der Waals surface area (Å²) >= 11 is 3.38. The van der Waals surface area contributed by atoms with Crippen molar-refractivity contribution in [2.24, 2.45) is 5.92 Å². The number of carboxylic acid groups (broad SMARTS) is 1. The van der Waals surface area contributed by atoms with Crippen molar-refractivity contribution in [2.75, 3.05) is 6.54 Å². The Kier molecular flexibility index (Phi) is 4.35. The first-order valence-corrected chi connectivity index (χ1v) is 6.92. The molecule has 0 aliphatic carbocycles. The summed E-state index contributed by atoms with van der Waals surface area (Å²) in [5.74, 6) is -0.229. The Hall–Kier alpha value is -0.940. The number of carbonyl (C=O) groups is 1. The summed E-state index contributed by atoms with van der Waals surface area (Å²) in [4.78, 5) is 17.4. The molecule has 5 heteroatoms. The number of aliphatic carboxylic acids is 1. The van der Waals surface area contributed by atoms with E-state index >= 15 is 0 Å². The number of piperidine rings is 1. The van der Waals surface area contributed by atoms with Crippen molar-refractivity contribution in [1.82, 2.24) is 9.88 Å². The van der Waals surface area contributed by atoms with Crippen molar-refractivity contribution < 1.29 is 9.90 Å². The maximum atomic E-state index is 11.3. The first-order valence-electron chi connectivity index (χ1n) is 6.12. The van der Waals surface area contributed by atoms with Crippen LogP contribution in [0.2, 0.25) is 0 Å². The highest BCUT2D eigenvalue weighted by atomic mass is 79.9. The number of nitrogens with zero attached hydrogens (tertiary/aromatic N) is 2. The Morgan fingerprint density at radius 2 is 2.39 bits per heavy atom. The first kappa shape index (κ1) is 13.5. The quantitative estimate of drug-likeness (QED) is 0.932. The molecular weight excluding hydrogens is 296 g/mol. The third-order valence-electron chi connectivity index (χ3n) is 3.41. The largest absolute Gasteiger partial charge is 0.480 e. The van der Waals surface area contributed by atoms with Crippen LogP contribution in [0.15, 0.2) is 22.9 Å². The van der Waals surface area contributed by atoms with Gasteiger partial charge in [0.2, 0.25) is 0 Å². The molecule has 4 nitrogen and oxygen atoms in total. The van der Waals surface area contributed by atoms with E-state index in [1.165, 1.54) is 0 Å². The van der Waals surface area contributed by atoms with Gasteiger partial charge in [-0.2, -0.15) is 0 Å². The van der Waals surface area contributed by atoms with Gasteiger partial charge in [-0.05, 0) is 52.9 Å². The number of hydrogen-bond donors (Lipinski definition) is 1. The lowest BCUT2D eigenvalue weighted by atomic mass is 9.92. The van der Waals surface area contributed by atoms with Gasteiger partial charge in [-0.1, -0.05) is 6.92 Å². The molecule has 0 aromatic carbocycles. The maximum Gasteiger partial charge on any atom is 0.320 e. The van der Waals surface area contributed by atoms with Crippen LogP contribution in [0.1, 0.15) is 25.3 Å². The number of carboxylic acids is 1. The molecule has 2 atom stereocenters. The second-order valence-electron chi connectivity index (χ2n) is 4.97. The van der Waals surface area contributed by atoms with Crippen LogP contribution >= 0.6 is 15.9 Å². The summed E-state index contributed by atoms with van der Waals surface area (Å²) < 4.78 is 0.928. The van der Waals surface area contributed by atoms with Crippen molar-refractivity contribution in [3.8, 4) is 0 Å². The Bertz CT molecular complexity index is 439. The first-order chi connectivity index (χ1) is 8.56. The minimum absolute atomic E-state index is 0.368. The van der Waals surface area contributed by atoms with Gasteiger partial charge in [0, 0.05) is 23.4 Å². The number of likely N-dealkylation sites (tertiary alicyclic amines) is 1. The average Bonchev–Trinajstić information content (AvgIpc) is 2.31. The summed E-state index contributed by atoms with van der Waals surface area (Å²) in [5, 5.41) is 9.29. The molecule has 0 saturated carbocycles. The van der Waals surface area contributed by atoms with E-state index in [9.17, 15) is 9.90 Å². The molecular formula is C13H17BrN2O2. The Morgan fingerprint density at radius 1 is 1.61 bits per heavy atom. The maximum absolute atomic E-state index is 11.3. The van der Waals surface area contributed by atoms with Crippen LogP contribution in [-0.2, 0) is 11.3 Å². The molecule has 1 aliphatic heterocycles. The standard InChI is InChI=1S/C13H17BrN2O2/c1-9-2-3-16(12(4-9)13(17)18)8-10-5-11(14)7-15-6-10/h5-7,9,12H,2-4,8H2,1H3,(H,17,18). The van der Waals surface area contributed by atoms with Crippen LogP contribution in [-0.4, -0.2) is 33.5 Å². The highest BCUT2D eigenvalue weighted by molar-refractivity contribution is 9.10. The van der Waals surface area contributed by atoms with E-state index < -0.39 is 5.97 Å². The molecule has 2 rings (SSSR count). The Balaban J connectivity index is 2.09. The molecule has 0 amide bonds. The van der Waals surface area contributed by atoms with Crippen LogP contribution in [0.25, 0.3) is 0 Å². The lowest BCUT2D eigenvalue weighted by Gasteiger charge is -2.35. The summed E-state index contributed by atoms with van der Waals surface area (Å²) in [5.41, 5.74) is 1.05. The topological polar surface area (TPSA) is 53.4 Å². The summed E-state index contributed by atoms with van der Waals surface area (Å²) in [6.07, 6.45) is 5.32. The molecule has 1 saturated heterocycles. The third kappa shape index (κ3) is 3.29. The van der Waals surface area contributed by atoms with Gasteiger partial charge >= 0.3 is 5.97 Å².